The summed E-state index contributed by atoms with van der Waals surface area (Å²) in [5.74, 6) is 0.653. The second kappa shape index (κ2) is 10.5. The van der Waals surface area contributed by atoms with E-state index in [2.05, 4.69) is 34.6 Å². The number of aryl methyl sites for hydroxylation is 2. The van der Waals surface area contributed by atoms with Crippen molar-refractivity contribution in [2.75, 3.05) is 13.7 Å². The number of aromatic nitrogens is 2. The number of aliphatic imine (C=N–C) groups is 1. The third-order valence-corrected chi connectivity index (χ3v) is 4.76. The van der Waals surface area contributed by atoms with Gasteiger partial charge in [-0.3, -0.25) is 9.67 Å². The van der Waals surface area contributed by atoms with E-state index in [1.807, 2.05) is 30.8 Å². The lowest BCUT2D eigenvalue weighted by Crippen LogP contribution is -2.42. The summed E-state index contributed by atoms with van der Waals surface area (Å²) in [6.45, 7) is 5.30. The van der Waals surface area contributed by atoms with E-state index in [9.17, 15) is 13.2 Å². The van der Waals surface area contributed by atoms with Gasteiger partial charge in [0.25, 0.3) is 0 Å². The summed E-state index contributed by atoms with van der Waals surface area (Å²) in [6, 6.07) is 7.41. The van der Waals surface area contributed by atoms with Crippen LogP contribution in [0.4, 0.5) is 13.2 Å². The Bertz CT molecular complexity index is 861. The molecule has 0 saturated heterocycles. The van der Waals surface area contributed by atoms with Crippen molar-refractivity contribution in [2.24, 2.45) is 12.0 Å². The molecular weight excluding hydrogens is 395 g/mol. The topological polar surface area (TPSA) is 63.5 Å². The Labute approximate surface area is 175 Å². The Hall–Kier alpha value is -2.55. The molecule has 6 nitrogen and oxygen atoms in total. The normalized spacial score (nSPS) is 13.4. The highest BCUT2D eigenvalue weighted by Gasteiger charge is 2.27. The fraction of sp³-hybridized carbons (Fsp3) is 0.524. The summed E-state index contributed by atoms with van der Waals surface area (Å²) in [5.41, 5.74) is 5.01. The summed E-state index contributed by atoms with van der Waals surface area (Å²) < 4.78 is 43.3. The van der Waals surface area contributed by atoms with Gasteiger partial charge in [0, 0.05) is 32.4 Å². The highest BCUT2D eigenvalue weighted by Crippen LogP contribution is 2.16. The largest absolute Gasteiger partial charge is 0.411 e. The van der Waals surface area contributed by atoms with Gasteiger partial charge in [-0.1, -0.05) is 24.3 Å². The smallest absolute Gasteiger partial charge is 0.367 e. The number of alkyl halides is 3. The third-order valence-electron chi connectivity index (χ3n) is 4.76. The van der Waals surface area contributed by atoms with Crippen molar-refractivity contribution in [1.82, 2.24) is 20.4 Å². The minimum atomic E-state index is -4.32. The maximum Gasteiger partial charge on any atom is 0.411 e. The molecule has 0 spiro atoms. The first kappa shape index (κ1) is 23.7. The van der Waals surface area contributed by atoms with Gasteiger partial charge in [-0.15, -0.1) is 0 Å². The molecule has 2 aromatic rings. The van der Waals surface area contributed by atoms with Crippen LogP contribution in [-0.4, -0.2) is 41.6 Å². The molecule has 166 valence electrons. The molecule has 1 atom stereocenters. The fourth-order valence-corrected chi connectivity index (χ4v) is 3.20. The van der Waals surface area contributed by atoms with E-state index in [-0.39, 0.29) is 12.6 Å². The lowest BCUT2D eigenvalue weighted by atomic mass is 10.1. The molecule has 30 heavy (non-hydrogen) atoms. The molecular formula is C21H30F3N5O. The second-order valence-corrected chi connectivity index (χ2v) is 7.38. The highest BCUT2D eigenvalue weighted by molar-refractivity contribution is 5.79. The Kier molecular flexibility index (Phi) is 8.28. The van der Waals surface area contributed by atoms with E-state index in [1.54, 1.807) is 19.2 Å². The molecule has 0 fully saturated rings. The lowest BCUT2D eigenvalue weighted by Gasteiger charge is -2.18. The van der Waals surface area contributed by atoms with Gasteiger partial charge in [-0.2, -0.15) is 18.3 Å². The number of benzene rings is 1. The molecule has 0 aliphatic heterocycles. The molecule has 1 aromatic heterocycles. The van der Waals surface area contributed by atoms with E-state index in [4.69, 9.17) is 4.74 Å². The zero-order chi connectivity index (χ0) is 22.3. The lowest BCUT2D eigenvalue weighted by molar-refractivity contribution is -0.176. The molecule has 1 aromatic carbocycles. The van der Waals surface area contributed by atoms with Gasteiger partial charge in [-0.25, -0.2) is 0 Å². The summed E-state index contributed by atoms with van der Waals surface area (Å²) in [4.78, 5) is 4.26. The number of guanidine groups is 1. The summed E-state index contributed by atoms with van der Waals surface area (Å²) in [5, 5.41) is 11.1. The fourth-order valence-electron chi connectivity index (χ4n) is 3.20. The molecule has 1 heterocycles. The molecule has 0 bridgehead atoms. The van der Waals surface area contributed by atoms with Crippen LogP contribution in [0.25, 0.3) is 0 Å². The first-order valence-electron chi connectivity index (χ1n) is 9.77. The van der Waals surface area contributed by atoms with Crippen molar-refractivity contribution < 1.29 is 17.9 Å². The first-order valence-corrected chi connectivity index (χ1v) is 9.77. The molecule has 0 saturated carbocycles. The molecule has 0 amide bonds. The monoisotopic (exact) mass is 425 g/mol. The number of nitrogens with one attached hydrogen (secondary N) is 2. The van der Waals surface area contributed by atoms with Crippen molar-refractivity contribution in [3.05, 3.63) is 52.3 Å². The molecule has 9 heteroatoms. The predicted octanol–water partition coefficient (Wildman–Crippen LogP) is 3.41. The van der Waals surface area contributed by atoms with Crippen molar-refractivity contribution in [2.45, 2.75) is 52.6 Å². The summed E-state index contributed by atoms with van der Waals surface area (Å²) >= 11 is 0. The maximum absolute atomic E-state index is 12.2. The number of rotatable bonds is 8. The Morgan fingerprint density at radius 1 is 1.27 bits per heavy atom. The zero-order valence-electron chi connectivity index (χ0n) is 18.1. The van der Waals surface area contributed by atoms with Crippen LogP contribution in [0.15, 0.2) is 29.3 Å². The third kappa shape index (κ3) is 7.37. The van der Waals surface area contributed by atoms with E-state index in [1.165, 1.54) is 5.56 Å². The van der Waals surface area contributed by atoms with Gasteiger partial charge < -0.3 is 15.4 Å². The van der Waals surface area contributed by atoms with Crippen LogP contribution in [-0.2, 0) is 31.4 Å². The van der Waals surface area contributed by atoms with Crippen molar-refractivity contribution in [3.8, 4) is 0 Å². The molecule has 0 aliphatic carbocycles. The number of halogens is 3. The van der Waals surface area contributed by atoms with Crippen molar-refractivity contribution >= 4 is 5.96 Å². The minimum Gasteiger partial charge on any atom is -0.367 e. The van der Waals surface area contributed by atoms with Crippen LogP contribution in [0, 0.1) is 13.8 Å². The van der Waals surface area contributed by atoms with E-state index < -0.39 is 12.8 Å². The van der Waals surface area contributed by atoms with Gasteiger partial charge >= 0.3 is 6.18 Å². The maximum atomic E-state index is 12.2. The quantitative estimate of drug-likeness (QED) is 0.503. The SMILES string of the molecule is CN=C(NCc1cccc(COCC(F)(F)F)c1)NC(C)Cc1c(C)nn(C)c1C. The number of hydrogen-bond donors (Lipinski definition) is 2. The Balaban J connectivity index is 1.87. The minimum absolute atomic E-state index is 0.0822. The summed E-state index contributed by atoms with van der Waals surface area (Å²) in [7, 11) is 3.64. The average Bonchev–Trinajstić information content (AvgIpc) is 2.90. The van der Waals surface area contributed by atoms with E-state index in [0.29, 0.717) is 18.1 Å². The first-order chi connectivity index (χ1) is 14.1. The van der Waals surface area contributed by atoms with Crippen LogP contribution >= 0.6 is 0 Å². The van der Waals surface area contributed by atoms with Crippen LogP contribution < -0.4 is 10.6 Å². The van der Waals surface area contributed by atoms with Crippen LogP contribution in [0.5, 0.6) is 0 Å². The number of nitrogens with zero attached hydrogens (tertiary/aromatic N) is 3. The van der Waals surface area contributed by atoms with E-state index >= 15 is 0 Å². The molecule has 2 rings (SSSR count). The highest BCUT2D eigenvalue weighted by atomic mass is 19.4. The van der Waals surface area contributed by atoms with Gasteiger partial charge in [0.2, 0.25) is 0 Å². The van der Waals surface area contributed by atoms with E-state index in [0.717, 1.165) is 23.4 Å². The van der Waals surface area contributed by atoms with Gasteiger partial charge in [0.15, 0.2) is 5.96 Å². The molecule has 0 radical (unpaired) electrons. The van der Waals surface area contributed by atoms with Crippen LogP contribution in [0.3, 0.4) is 0 Å². The van der Waals surface area contributed by atoms with Gasteiger partial charge in [0.05, 0.1) is 12.3 Å². The Morgan fingerprint density at radius 2 is 1.97 bits per heavy atom. The molecule has 1 unspecified atom stereocenters. The average molecular weight is 425 g/mol. The van der Waals surface area contributed by atoms with Gasteiger partial charge in [0.1, 0.15) is 6.61 Å². The van der Waals surface area contributed by atoms with Crippen LogP contribution in [0.2, 0.25) is 0 Å². The Morgan fingerprint density at radius 3 is 2.57 bits per heavy atom. The zero-order valence-corrected chi connectivity index (χ0v) is 18.1. The van der Waals surface area contributed by atoms with Crippen LogP contribution in [0.1, 0.15) is 35.0 Å². The summed E-state index contributed by atoms with van der Waals surface area (Å²) in [6.07, 6.45) is -3.50. The standard InChI is InChI=1S/C21H30F3N5O/c1-14(9-19-15(2)28-29(5)16(19)3)27-20(25-4)26-11-17-7-6-8-18(10-17)12-30-13-21(22,23)24/h6-8,10,14H,9,11-13H2,1-5H3,(H2,25,26,27). The van der Waals surface area contributed by atoms with Crippen molar-refractivity contribution in [1.29, 1.82) is 0 Å². The predicted molar refractivity (Wildman–Crippen MR) is 111 cm³/mol. The van der Waals surface area contributed by atoms with Crippen molar-refractivity contribution in [3.63, 3.8) is 0 Å². The van der Waals surface area contributed by atoms with Gasteiger partial charge in [-0.05, 0) is 43.9 Å². The molecule has 2 N–H and O–H groups in total. The number of hydrogen-bond acceptors (Lipinski definition) is 3. The molecule has 0 aliphatic rings. The second-order valence-electron chi connectivity index (χ2n) is 7.38. The number of ether oxygens (including phenoxy) is 1.